The summed E-state index contributed by atoms with van der Waals surface area (Å²) in [5, 5.41) is 10.7. The van der Waals surface area contributed by atoms with Crippen molar-refractivity contribution in [3.63, 3.8) is 0 Å². The zero-order valence-electron chi connectivity index (χ0n) is 68.7. The van der Waals surface area contributed by atoms with Crippen LogP contribution >= 0.6 is 15.6 Å². The maximum Gasteiger partial charge on any atom is 0.472 e. The molecule has 19 heteroatoms. The summed E-state index contributed by atoms with van der Waals surface area (Å²) in [5.74, 6) is 1.03. The van der Waals surface area contributed by atoms with Crippen molar-refractivity contribution in [1.82, 2.24) is 0 Å². The third-order valence-electron chi connectivity index (χ3n) is 20.5. The fourth-order valence-electron chi connectivity index (χ4n) is 13.1. The first-order valence-electron chi connectivity index (χ1n) is 43.8. The first kappa shape index (κ1) is 102. The van der Waals surface area contributed by atoms with Crippen LogP contribution in [0.15, 0.2) is 0 Å². The molecule has 0 saturated carbocycles. The van der Waals surface area contributed by atoms with Gasteiger partial charge in [0.1, 0.15) is 19.3 Å². The van der Waals surface area contributed by atoms with Crippen LogP contribution in [0.5, 0.6) is 0 Å². The molecule has 3 N–H and O–H groups in total. The second-order valence-corrected chi connectivity index (χ2v) is 34.9. The smallest absolute Gasteiger partial charge is 0.462 e. The average Bonchev–Trinajstić information content (AvgIpc) is 0.950. The summed E-state index contributed by atoms with van der Waals surface area (Å²) in [4.78, 5) is 73.1. The molecule has 0 aromatic heterocycles. The number of hydrogen-bond acceptors (Lipinski definition) is 15. The highest BCUT2D eigenvalue weighted by Gasteiger charge is 2.30. The van der Waals surface area contributed by atoms with Crippen LogP contribution < -0.4 is 0 Å². The van der Waals surface area contributed by atoms with Crippen LogP contribution in [0.1, 0.15) is 441 Å². The summed E-state index contributed by atoms with van der Waals surface area (Å²) in [6.07, 6.45) is 62.6. The van der Waals surface area contributed by atoms with Gasteiger partial charge in [0.15, 0.2) is 12.2 Å². The van der Waals surface area contributed by atoms with Crippen LogP contribution in [0.2, 0.25) is 0 Å². The second kappa shape index (κ2) is 73.8. The standard InChI is InChI=1S/C85H166O17P2/c1-9-77(7)63-55-47-39-35-36-42-52-60-68-85(90)102-80(71-95-82(87)65-57-49-40-33-29-25-21-17-13-11-15-19-23-27-31-37-45-53-61-75(3)4)73-99-103(91,92)97-69-79(86)70-98-104(93,94)100-74-81(72-96-83(88)66-58-50-44-43-48-56-64-78(8)10-2)101-84(89)67-59-51-41-34-30-26-22-18-14-12-16-20-24-28-32-38-46-54-62-76(5)6/h75-81,86H,9-74H2,1-8H3,(H,91,92)(H,93,94)/t77?,78?,79-,80-,81-/m1/s1. The van der Waals surface area contributed by atoms with Gasteiger partial charge in [-0.3, -0.25) is 37.3 Å². The Morgan fingerprint density at radius 1 is 0.269 bits per heavy atom. The van der Waals surface area contributed by atoms with Gasteiger partial charge in [0.2, 0.25) is 0 Å². The van der Waals surface area contributed by atoms with Crippen molar-refractivity contribution < 1.29 is 80.2 Å². The van der Waals surface area contributed by atoms with Crippen LogP contribution in [-0.4, -0.2) is 96.7 Å². The van der Waals surface area contributed by atoms with Crippen molar-refractivity contribution in [3.05, 3.63) is 0 Å². The molecular formula is C85H166O17P2. The monoisotopic (exact) mass is 1520 g/mol. The molecule has 17 nitrogen and oxygen atoms in total. The first-order chi connectivity index (χ1) is 50.2. The molecule has 0 aromatic rings. The highest BCUT2D eigenvalue weighted by atomic mass is 31.2. The van der Waals surface area contributed by atoms with Gasteiger partial charge < -0.3 is 33.8 Å². The van der Waals surface area contributed by atoms with E-state index in [1.807, 2.05) is 0 Å². The molecule has 104 heavy (non-hydrogen) atoms. The zero-order chi connectivity index (χ0) is 76.7. The molecule has 0 aliphatic carbocycles. The minimum atomic E-state index is -4.96. The Bertz CT molecular complexity index is 2030. The van der Waals surface area contributed by atoms with Gasteiger partial charge in [-0.15, -0.1) is 0 Å². The lowest BCUT2D eigenvalue weighted by atomic mass is 9.99. The van der Waals surface area contributed by atoms with E-state index in [-0.39, 0.29) is 25.7 Å². The molecule has 4 unspecified atom stereocenters. The van der Waals surface area contributed by atoms with Gasteiger partial charge in [0.05, 0.1) is 26.4 Å². The lowest BCUT2D eigenvalue weighted by molar-refractivity contribution is -0.161. The van der Waals surface area contributed by atoms with E-state index >= 15 is 0 Å². The molecule has 0 radical (unpaired) electrons. The summed E-state index contributed by atoms with van der Waals surface area (Å²) >= 11 is 0. The summed E-state index contributed by atoms with van der Waals surface area (Å²) in [6.45, 7) is 14.3. The fourth-order valence-corrected chi connectivity index (χ4v) is 14.7. The molecule has 0 amide bonds. The Balaban J connectivity index is 5.16. The highest BCUT2D eigenvalue weighted by molar-refractivity contribution is 7.47. The third kappa shape index (κ3) is 75.5. The number of carbonyl (C=O) groups excluding carboxylic acids is 4. The van der Waals surface area contributed by atoms with E-state index in [1.54, 1.807) is 0 Å². The average molecular weight is 1520 g/mol. The molecular weight excluding hydrogens is 1350 g/mol. The molecule has 0 rings (SSSR count). The third-order valence-corrected chi connectivity index (χ3v) is 22.4. The Morgan fingerprint density at radius 2 is 0.462 bits per heavy atom. The predicted molar refractivity (Wildman–Crippen MR) is 428 cm³/mol. The molecule has 7 atom stereocenters. The number of rotatable bonds is 82. The van der Waals surface area contributed by atoms with Crippen LogP contribution in [-0.2, 0) is 65.4 Å². The fraction of sp³-hybridized carbons (Fsp3) is 0.953. The van der Waals surface area contributed by atoms with Crippen molar-refractivity contribution in [1.29, 1.82) is 0 Å². The number of phosphoric ester groups is 2. The highest BCUT2D eigenvalue weighted by Crippen LogP contribution is 2.45. The molecule has 618 valence electrons. The first-order valence-corrected chi connectivity index (χ1v) is 46.8. The van der Waals surface area contributed by atoms with E-state index < -0.39 is 97.5 Å². The number of hydrogen-bond donors (Lipinski definition) is 3. The number of aliphatic hydroxyl groups excluding tert-OH is 1. The van der Waals surface area contributed by atoms with E-state index in [0.29, 0.717) is 25.7 Å². The Hall–Kier alpha value is -1.94. The van der Waals surface area contributed by atoms with E-state index in [9.17, 15) is 43.2 Å². The predicted octanol–water partition coefficient (Wildman–Crippen LogP) is 25.6. The topological polar surface area (TPSA) is 237 Å². The van der Waals surface area contributed by atoms with Gasteiger partial charge in [0, 0.05) is 25.7 Å². The normalized spacial score (nSPS) is 14.5. The lowest BCUT2D eigenvalue weighted by Crippen LogP contribution is -2.30. The van der Waals surface area contributed by atoms with E-state index in [1.165, 1.54) is 238 Å². The Kier molecular flexibility index (Phi) is 72.5. The number of unbranched alkanes of at least 4 members (excludes halogenated alkanes) is 46. The Labute approximate surface area is 638 Å². The van der Waals surface area contributed by atoms with Crippen molar-refractivity contribution in [3.8, 4) is 0 Å². The van der Waals surface area contributed by atoms with Crippen LogP contribution in [0.25, 0.3) is 0 Å². The molecule has 0 heterocycles. The van der Waals surface area contributed by atoms with Gasteiger partial charge in [-0.1, -0.05) is 389 Å². The zero-order valence-corrected chi connectivity index (χ0v) is 70.5. The molecule has 0 spiro atoms. The number of phosphoric acid groups is 2. The van der Waals surface area contributed by atoms with Gasteiger partial charge in [-0.2, -0.15) is 0 Å². The number of ether oxygens (including phenoxy) is 4. The van der Waals surface area contributed by atoms with Crippen molar-refractivity contribution >= 4 is 39.5 Å². The number of esters is 4. The summed E-state index contributed by atoms with van der Waals surface area (Å²) in [6, 6.07) is 0. The maximum atomic E-state index is 13.1. The van der Waals surface area contributed by atoms with Gasteiger partial charge in [0.25, 0.3) is 0 Å². The van der Waals surface area contributed by atoms with Crippen molar-refractivity contribution in [2.75, 3.05) is 39.6 Å². The number of carbonyl (C=O) groups is 4. The molecule has 0 aromatic carbocycles. The summed E-state index contributed by atoms with van der Waals surface area (Å²) < 4.78 is 68.8. The van der Waals surface area contributed by atoms with Crippen molar-refractivity contribution in [2.24, 2.45) is 23.7 Å². The molecule has 0 aliphatic rings. The molecule has 0 aliphatic heterocycles. The van der Waals surface area contributed by atoms with Crippen molar-refractivity contribution in [2.45, 2.75) is 459 Å². The maximum absolute atomic E-state index is 13.1. The molecule has 0 bridgehead atoms. The largest absolute Gasteiger partial charge is 0.472 e. The quantitative estimate of drug-likeness (QED) is 0.0222. The van der Waals surface area contributed by atoms with E-state index in [2.05, 4.69) is 55.4 Å². The van der Waals surface area contributed by atoms with E-state index in [0.717, 1.165) is 120 Å². The minimum Gasteiger partial charge on any atom is -0.462 e. The molecule has 0 saturated heterocycles. The second-order valence-electron chi connectivity index (χ2n) is 32.0. The van der Waals surface area contributed by atoms with E-state index in [4.69, 9.17) is 37.0 Å². The minimum absolute atomic E-state index is 0.105. The van der Waals surface area contributed by atoms with Crippen LogP contribution in [0.4, 0.5) is 0 Å². The van der Waals surface area contributed by atoms with Gasteiger partial charge >= 0.3 is 39.5 Å². The number of aliphatic hydroxyl groups is 1. The summed E-state index contributed by atoms with van der Waals surface area (Å²) in [5.41, 5.74) is 0. The molecule has 0 fully saturated rings. The van der Waals surface area contributed by atoms with Crippen LogP contribution in [0, 0.1) is 23.7 Å². The van der Waals surface area contributed by atoms with Gasteiger partial charge in [-0.05, 0) is 49.4 Å². The lowest BCUT2D eigenvalue weighted by Gasteiger charge is -2.21. The Morgan fingerprint density at radius 3 is 0.683 bits per heavy atom. The summed E-state index contributed by atoms with van der Waals surface area (Å²) in [7, 11) is -9.93. The van der Waals surface area contributed by atoms with Gasteiger partial charge in [-0.25, -0.2) is 9.13 Å². The SMILES string of the molecule is CCC(C)CCCCCCCCCCC(=O)O[C@H](COC(=O)CCCCCCCCCCCCCCCCCCCCC(C)C)COP(=O)(O)OC[C@@H](O)COP(=O)(O)OC[C@@H](COC(=O)CCCCCCCCC(C)CC)OC(=O)CCCCCCCCCCCCCCCCCCCCC(C)C. The van der Waals surface area contributed by atoms with Crippen LogP contribution in [0.3, 0.4) is 0 Å².